The lowest BCUT2D eigenvalue weighted by Crippen LogP contribution is -2.58. The topological polar surface area (TPSA) is 126 Å². The summed E-state index contributed by atoms with van der Waals surface area (Å²) in [6, 6.07) is 9.22. The predicted molar refractivity (Wildman–Crippen MR) is 97.8 cm³/mol. The molecular formula is C18H26N2O8. The van der Waals surface area contributed by atoms with Gasteiger partial charge in [-0.3, -0.25) is 5.32 Å². The van der Waals surface area contributed by atoms with Gasteiger partial charge in [0.15, 0.2) is 0 Å². The quantitative estimate of drug-likeness (QED) is 0.209. The van der Waals surface area contributed by atoms with E-state index in [0.717, 1.165) is 12.7 Å². The van der Waals surface area contributed by atoms with E-state index in [-0.39, 0.29) is 13.0 Å². The number of nitrogens with zero attached hydrogens (tertiary/aromatic N) is 1. The second kappa shape index (κ2) is 10.5. The van der Waals surface area contributed by atoms with Gasteiger partial charge in [0.25, 0.3) is 5.09 Å². The van der Waals surface area contributed by atoms with Gasteiger partial charge in [-0.05, 0) is 32.8 Å². The molecule has 10 nitrogen and oxygen atoms in total. The zero-order valence-electron chi connectivity index (χ0n) is 16.4. The van der Waals surface area contributed by atoms with E-state index in [0.29, 0.717) is 6.42 Å². The second-order valence-electron chi connectivity index (χ2n) is 6.84. The van der Waals surface area contributed by atoms with Crippen LogP contribution in [0.2, 0.25) is 0 Å². The summed E-state index contributed by atoms with van der Waals surface area (Å²) in [7, 11) is 1.15. The van der Waals surface area contributed by atoms with Gasteiger partial charge in [0.1, 0.15) is 12.2 Å². The smallest absolute Gasteiger partial charge is 0.410 e. The van der Waals surface area contributed by atoms with Gasteiger partial charge in [-0.1, -0.05) is 30.3 Å². The number of hydrogen-bond acceptors (Lipinski definition) is 8. The number of hydrogen-bond donors (Lipinski definition) is 1. The molecule has 28 heavy (non-hydrogen) atoms. The van der Waals surface area contributed by atoms with E-state index in [1.165, 1.54) is 0 Å². The molecule has 1 unspecified atom stereocenters. The monoisotopic (exact) mass is 398 g/mol. The molecule has 0 aliphatic heterocycles. The fourth-order valence-electron chi connectivity index (χ4n) is 2.31. The molecule has 0 bridgehead atoms. The number of benzene rings is 1. The summed E-state index contributed by atoms with van der Waals surface area (Å²) in [5, 5.41) is 11.7. The van der Waals surface area contributed by atoms with Crippen LogP contribution in [0.25, 0.3) is 0 Å². The molecule has 10 heteroatoms. The summed E-state index contributed by atoms with van der Waals surface area (Å²) < 4.78 is 15.5. The third-order valence-electron chi connectivity index (χ3n) is 3.46. The van der Waals surface area contributed by atoms with Crippen molar-refractivity contribution in [2.75, 3.05) is 20.3 Å². The van der Waals surface area contributed by atoms with Gasteiger partial charge in [0.05, 0.1) is 13.7 Å². The molecule has 0 saturated heterocycles. The fraction of sp³-hybridized carbons (Fsp3) is 0.556. The van der Waals surface area contributed by atoms with Gasteiger partial charge in [-0.25, -0.2) is 9.59 Å². The average molecular weight is 398 g/mol. The highest BCUT2D eigenvalue weighted by molar-refractivity contribution is 5.84. The van der Waals surface area contributed by atoms with Crippen molar-refractivity contribution >= 4 is 12.1 Å². The van der Waals surface area contributed by atoms with Crippen LogP contribution in [0, 0.1) is 10.1 Å². The van der Waals surface area contributed by atoms with Crippen LogP contribution >= 0.6 is 0 Å². The minimum atomic E-state index is -1.90. The van der Waals surface area contributed by atoms with Crippen LogP contribution in [0.15, 0.2) is 30.3 Å². The Balaban J connectivity index is 3.00. The first-order chi connectivity index (χ1) is 13.1. The zero-order valence-corrected chi connectivity index (χ0v) is 16.4. The number of carbonyl (C=O) groups is 2. The van der Waals surface area contributed by atoms with E-state index in [9.17, 15) is 19.7 Å². The number of esters is 1. The first-order valence-corrected chi connectivity index (χ1v) is 8.63. The SMILES string of the molecule is COC(=O)C(CCc1ccccc1)(NC(=O)OC(C)(C)C)OCCO[N+](=O)[O-]. The van der Waals surface area contributed by atoms with E-state index in [2.05, 4.69) is 10.2 Å². The summed E-state index contributed by atoms with van der Waals surface area (Å²) in [4.78, 5) is 39.3. The largest absolute Gasteiger partial charge is 0.465 e. The highest BCUT2D eigenvalue weighted by Crippen LogP contribution is 2.20. The Labute approximate surface area is 163 Å². The normalized spacial score (nSPS) is 13.1. The van der Waals surface area contributed by atoms with E-state index in [1.807, 2.05) is 30.3 Å². The predicted octanol–water partition coefficient (Wildman–Crippen LogP) is 2.24. The summed E-state index contributed by atoms with van der Waals surface area (Å²) in [5.74, 6) is -0.865. The van der Waals surface area contributed by atoms with Crippen molar-refractivity contribution in [3.05, 3.63) is 46.0 Å². The van der Waals surface area contributed by atoms with Gasteiger partial charge in [-0.15, -0.1) is 10.1 Å². The van der Waals surface area contributed by atoms with Gasteiger partial charge in [0, 0.05) is 6.42 Å². The number of aryl methyl sites for hydroxylation is 1. The van der Waals surface area contributed by atoms with Crippen LogP contribution in [0.4, 0.5) is 4.79 Å². The second-order valence-corrected chi connectivity index (χ2v) is 6.84. The summed E-state index contributed by atoms with van der Waals surface area (Å²) in [5.41, 5.74) is -1.81. The van der Waals surface area contributed by atoms with E-state index >= 15 is 0 Å². The maximum Gasteiger partial charge on any atom is 0.410 e. The van der Waals surface area contributed by atoms with Crippen LogP contribution in [0.1, 0.15) is 32.8 Å². The van der Waals surface area contributed by atoms with E-state index in [1.54, 1.807) is 20.8 Å². The molecule has 0 fully saturated rings. The van der Waals surface area contributed by atoms with Gasteiger partial charge >= 0.3 is 12.1 Å². The number of carbonyl (C=O) groups excluding carboxylic acids is 2. The van der Waals surface area contributed by atoms with Crippen molar-refractivity contribution in [2.24, 2.45) is 0 Å². The first kappa shape index (κ1) is 23.2. The first-order valence-electron chi connectivity index (χ1n) is 8.63. The Kier molecular flexibility index (Phi) is 8.65. The molecule has 0 saturated carbocycles. The Morgan fingerprint density at radius 3 is 2.32 bits per heavy atom. The Hall–Kier alpha value is -2.88. The molecule has 0 spiro atoms. The molecule has 156 valence electrons. The number of alkyl carbamates (subject to hydrolysis) is 1. The standard InChI is InChI=1S/C18H26N2O8/c1-17(2,3)28-16(22)19-18(15(21)25-4,26-12-13-27-20(23)24)11-10-14-8-6-5-7-9-14/h5-9H,10-13H2,1-4H3,(H,19,22). The fourth-order valence-corrected chi connectivity index (χ4v) is 2.31. The van der Waals surface area contributed by atoms with E-state index in [4.69, 9.17) is 14.2 Å². The lowest BCUT2D eigenvalue weighted by Gasteiger charge is -2.32. The summed E-state index contributed by atoms with van der Waals surface area (Å²) in [6.45, 7) is 4.25. The molecule has 1 N–H and O–H groups in total. The van der Waals surface area contributed by atoms with Crippen molar-refractivity contribution in [2.45, 2.75) is 44.9 Å². The Morgan fingerprint density at radius 2 is 1.79 bits per heavy atom. The third kappa shape index (κ3) is 8.21. The Bertz CT molecular complexity index is 659. The van der Waals surface area contributed by atoms with E-state index < -0.39 is 35.1 Å². The highest BCUT2D eigenvalue weighted by atomic mass is 17.0. The molecule has 1 rings (SSSR count). The molecule has 0 heterocycles. The number of nitrogens with one attached hydrogen (secondary N) is 1. The lowest BCUT2D eigenvalue weighted by molar-refractivity contribution is -0.758. The molecular weight excluding hydrogens is 372 g/mol. The molecule has 0 radical (unpaired) electrons. The van der Waals surface area contributed by atoms with Crippen LogP contribution in [0.5, 0.6) is 0 Å². The van der Waals surface area contributed by atoms with Crippen LogP contribution in [-0.4, -0.2) is 48.8 Å². The van der Waals surface area contributed by atoms with Crippen molar-refractivity contribution in [1.82, 2.24) is 5.32 Å². The zero-order chi connectivity index (χ0) is 21.2. The molecule has 0 aliphatic rings. The van der Waals surface area contributed by atoms with Gasteiger partial charge in [-0.2, -0.15) is 0 Å². The molecule has 1 atom stereocenters. The minimum absolute atomic E-state index is 0.0153. The molecule has 1 aromatic rings. The number of amides is 1. The third-order valence-corrected chi connectivity index (χ3v) is 3.46. The van der Waals surface area contributed by atoms with Crippen LogP contribution in [-0.2, 0) is 30.3 Å². The average Bonchev–Trinajstić information content (AvgIpc) is 2.61. The summed E-state index contributed by atoms with van der Waals surface area (Å²) in [6.07, 6.45) is -0.510. The van der Waals surface area contributed by atoms with Crippen molar-refractivity contribution in [3.8, 4) is 0 Å². The number of rotatable bonds is 10. The summed E-state index contributed by atoms with van der Waals surface area (Å²) >= 11 is 0. The van der Waals surface area contributed by atoms with Gasteiger partial charge < -0.3 is 19.0 Å². The maximum atomic E-state index is 12.5. The highest BCUT2D eigenvalue weighted by Gasteiger charge is 2.43. The molecule has 1 aromatic carbocycles. The molecule has 0 aromatic heterocycles. The molecule has 1 amide bonds. The van der Waals surface area contributed by atoms with Crippen molar-refractivity contribution in [3.63, 3.8) is 0 Å². The van der Waals surface area contributed by atoms with Crippen molar-refractivity contribution < 1.29 is 33.7 Å². The van der Waals surface area contributed by atoms with Crippen LogP contribution in [0.3, 0.4) is 0 Å². The maximum absolute atomic E-state index is 12.5. The Morgan fingerprint density at radius 1 is 1.14 bits per heavy atom. The van der Waals surface area contributed by atoms with Crippen LogP contribution < -0.4 is 5.32 Å². The number of ether oxygens (including phenoxy) is 3. The minimum Gasteiger partial charge on any atom is -0.465 e. The lowest BCUT2D eigenvalue weighted by atomic mass is 10.0. The number of methoxy groups -OCH3 is 1. The van der Waals surface area contributed by atoms with Crippen molar-refractivity contribution in [1.29, 1.82) is 0 Å². The van der Waals surface area contributed by atoms with Gasteiger partial charge in [0.2, 0.25) is 5.72 Å². The molecule has 0 aliphatic carbocycles.